The maximum atomic E-state index is 12.6. The van der Waals surface area contributed by atoms with E-state index < -0.39 is 0 Å². The first-order valence-electron chi connectivity index (χ1n) is 8.43. The van der Waals surface area contributed by atoms with Gasteiger partial charge in [0, 0.05) is 6.54 Å². The largest absolute Gasteiger partial charge is 0.393 e. The number of aliphatic hydroxyl groups is 1. The van der Waals surface area contributed by atoms with E-state index in [4.69, 9.17) is 0 Å². The molecule has 2 atom stereocenters. The Labute approximate surface area is 130 Å². The highest BCUT2D eigenvalue weighted by Crippen LogP contribution is 2.22. The van der Waals surface area contributed by atoms with Crippen molar-refractivity contribution in [1.29, 1.82) is 0 Å². The van der Waals surface area contributed by atoms with Crippen LogP contribution in [0.1, 0.15) is 60.3 Å². The lowest BCUT2D eigenvalue weighted by molar-refractivity contribution is -0.129. The minimum atomic E-state index is -0.333. The molecule has 1 aliphatic rings. The highest BCUT2D eigenvalue weighted by Gasteiger charge is 2.31. The van der Waals surface area contributed by atoms with Crippen LogP contribution in [0, 0.1) is 11.3 Å². The Morgan fingerprint density at radius 1 is 1.19 bits per heavy atom. The summed E-state index contributed by atoms with van der Waals surface area (Å²) >= 11 is 0. The molecule has 0 bridgehead atoms. The van der Waals surface area contributed by atoms with Crippen molar-refractivity contribution >= 4 is 5.91 Å². The Morgan fingerprint density at radius 3 is 2.24 bits per heavy atom. The predicted octanol–water partition coefficient (Wildman–Crippen LogP) is 2.41. The van der Waals surface area contributed by atoms with Gasteiger partial charge in [0.1, 0.15) is 0 Å². The number of likely N-dealkylation sites (tertiary alicyclic amines) is 1. The number of hydrogen-bond acceptors (Lipinski definition) is 3. The molecule has 4 heteroatoms. The summed E-state index contributed by atoms with van der Waals surface area (Å²) in [6.45, 7) is 12.9. The predicted molar refractivity (Wildman–Crippen MR) is 87.1 cm³/mol. The van der Waals surface area contributed by atoms with Gasteiger partial charge in [-0.05, 0) is 50.6 Å². The van der Waals surface area contributed by atoms with Crippen molar-refractivity contribution in [2.45, 2.75) is 72.4 Å². The van der Waals surface area contributed by atoms with Gasteiger partial charge in [-0.2, -0.15) is 0 Å². The zero-order chi connectivity index (χ0) is 16.0. The molecule has 2 N–H and O–H groups in total. The number of carbonyl (C=O) groups is 1. The number of aliphatic hydroxyl groups excluding tert-OH is 1. The first-order chi connectivity index (χ1) is 9.73. The van der Waals surface area contributed by atoms with E-state index in [0.717, 1.165) is 13.1 Å². The molecule has 1 rings (SSSR count). The van der Waals surface area contributed by atoms with Gasteiger partial charge < -0.3 is 10.4 Å². The van der Waals surface area contributed by atoms with Crippen molar-refractivity contribution < 1.29 is 9.90 Å². The van der Waals surface area contributed by atoms with Gasteiger partial charge in [0.2, 0.25) is 5.91 Å². The average molecular weight is 298 g/mol. The van der Waals surface area contributed by atoms with E-state index in [-0.39, 0.29) is 23.5 Å². The maximum Gasteiger partial charge on any atom is 0.237 e. The molecular weight excluding hydrogens is 264 g/mol. The van der Waals surface area contributed by atoms with E-state index in [2.05, 4.69) is 37.9 Å². The monoisotopic (exact) mass is 298 g/mol. The number of nitrogens with zero attached hydrogens (tertiary/aromatic N) is 1. The Kier molecular flexibility index (Phi) is 7.14. The van der Waals surface area contributed by atoms with Crippen LogP contribution in [0.2, 0.25) is 0 Å². The fourth-order valence-electron chi connectivity index (χ4n) is 3.39. The fourth-order valence-corrected chi connectivity index (χ4v) is 3.39. The number of hydrogen-bond donors (Lipinski definition) is 2. The lowest BCUT2D eigenvalue weighted by Crippen LogP contribution is -2.52. The molecule has 1 amide bonds. The molecule has 0 aromatic carbocycles. The summed E-state index contributed by atoms with van der Waals surface area (Å²) in [7, 11) is 0. The van der Waals surface area contributed by atoms with Crippen LogP contribution in [0.25, 0.3) is 0 Å². The molecule has 1 fully saturated rings. The van der Waals surface area contributed by atoms with Gasteiger partial charge in [-0.15, -0.1) is 0 Å². The minimum Gasteiger partial charge on any atom is -0.393 e. The summed E-state index contributed by atoms with van der Waals surface area (Å²) in [5.41, 5.74) is -0.0761. The molecule has 0 aliphatic carbocycles. The number of piperidine rings is 1. The number of amides is 1. The number of rotatable bonds is 7. The number of carbonyl (C=O) groups excluding carboxylic acids is 1. The SMILES string of the molecule is CC(C)[C@@H](C(=O)NCC(C)(C)C[C@H](C)O)N1CCCCC1. The molecule has 21 heavy (non-hydrogen) atoms. The van der Waals surface area contributed by atoms with Gasteiger partial charge in [-0.25, -0.2) is 0 Å². The Morgan fingerprint density at radius 2 is 1.76 bits per heavy atom. The number of nitrogens with one attached hydrogen (secondary N) is 1. The molecule has 4 nitrogen and oxygen atoms in total. The highest BCUT2D eigenvalue weighted by atomic mass is 16.3. The average Bonchev–Trinajstić information content (AvgIpc) is 2.36. The molecule has 0 saturated carbocycles. The molecule has 124 valence electrons. The van der Waals surface area contributed by atoms with Gasteiger partial charge >= 0.3 is 0 Å². The van der Waals surface area contributed by atoms with E-state index in [9.17, 15) is 9.90 Å². The summed E-state index contributed by atoms with van der Waals surface area (Å²) < 4.78 is 0. The van der Waals surface area contributed by atoms with Gasteiger partial charge in [-0.1, -0.05) is 34.1 Å². The second-order valence-corrected chi connectivity index (χ2v) is 7.72. The molecule has 0 aromatic heterocycles. The van der Waals surface area contributed by atoms with Crippen molar-refractivity contribution in [3.8, 4) is 0 Å². The van der Waals surface area contributed by atoms with Gasteiger partial charge in [-0.3, -0.25) is 9.69 Å². The van der Waals surface area contributed by atoms with Crippen molar-refractivity contribution in [1.82, 2.24) is 10.2 Å². The first kappa shape index (κ1) is 18.4. The summed E-state index contributed by atoms with van der Waals surface area (Å²) in [5, 5.41) is 12.6. The van der Waals surface area contributed by atoms with Gasteiger partial charge in [0.25, 0.3) is 0 Å². The van der Waals surface area contributed by atoms with Crippen LogP contribution in [-0.2, 0) is 4.79 Å². The summed E-state index contributed by atoms with van der Waals surface area (Å²) in [4.78, 5) is 14.9. The van der Waals surface area contributed by atoms with Crippen LogP contribution in [-0.4, -0.2) is 47.7 Å². The van der Waals surface area contributed by atoms with E-state index in [1.807, 2.05) is 0 Å². The molecule has 1 aliphatic heterocycles. The second-order valence-electron chi connectivity index (χ2n) is 7.72. The second kappa shape index (κ2) is 8.14. The zero-order valence-corrected chi connectivity index (χ0v) is 14.5. The summed E-state index contributed by atoms with van der Waals surface area (Å²) in [5.74, 6) is 0.466. The Bertz CT molecular complexity index is 321. The molecule has 1 heterocycles. The molecule has 1 saturated heterocycles. The summed E-state index contributed by atoms with van der Waals surface area (Å²) in [6, 6.07) is -0.0207. The van der Waals surface area contributed by atoms with Gasteiger partial charge in [0.15, 0.2) is 0 Å². The van der Waals surface area contributed by atoms with Crippen molar-refractivity contribution in [2.75, 3.05) is 19.6 Å². The molecule has 0 radical (unpaired) electrons. The standard InChI is InChI=1S/C17H34N2O2/c1-13(2)15(19-9-7-6-8-10-19)16(21)18-12-17(4,5)11-14(3)20/h13-15,20H,6-12H2,1-5H3,(H,18,21)/t14-,15-/m0/s1. The smallest absolute Gasteiger partial charge is 0.237 e. The van der Waals surface area contributed by atoms with E-state index >= 15 is 0 Å². The van der Waals surface area contributed by atoms with Crippen molar-refractivity contribution in [3.63, 3.8) is 0 Å². The minimum absolute atomic E-state index is 0.0207. The van der Waals surface area contributed by atoms with Crippen LogP contribution in [0.4, 0.5) is 0 Å². The molecular formula is C17H34N2O2. The lowest BCUT2D eigenvalue weighted by Gasteiger charge is -2.36. The maximum absolute atomic E-state index is 12.6. The van der Waals surface area contributed by atoms with Crippen LogP contribution in [0.15, 0.2) is 0 Å². The third kappa shape index (κ3) is 6.35. The molecule has 0 unspecified atom stereocenters. The molecule has 0 spiro atoms. The van der Waals surface area contributed by atoms with Crippen LogP contribution >= 0.6 is 0 Å². The lowest BCUT2D eigenvalue weighted by atomic mass is 9.86. The highest BCUT2D eigenvalue weighted by molar-refractivity contribution is 5.82. The Balaban J connectivity index is 2.57. The van der Waals surface area contributed by atoms with Crippen LogP contribution < -0.4 is 5.32 Å². The van der Waals surface area contributed by atoms with E-state index in [1.54, 1.807) is 6.92 Å². The quantitative estimate of drug-likeness (QED) is 0.759. The molecule has 0 aromatic rings. The summed E-state index contributed by atoms with van der Waals surface area (Å²) in [6.07, 6.45) is 4.04. The third-order valence-electron chi connectivity index (χ3n) is 4.27. The van der Waals surface area contributed by atoms with Crippen molar-refractivity contribution in [3.05, 3.63) is 0 Å². The van der Waals surface area contributed by atoms with Crippen LogP contribution in [0.5, 0.6) is 0 Å². The first-order valence-corrected chi connectivity index (χ1v) is 8.43. The topological polar surface area (TPSA) is 52.6 Å². The van der Waals surface area contributed by atoms with E-state index in [0.29, 0.717) is 18.9 Å². The van der Waals surface area contributed by atoms with Crippen molar-refractivity contribution in [2.24, 2.45) is 11.3 Å². The Hall–Kier alpha value is -0.610. The van der Waals surface area contributed by atoms with Gasteiger partial charge in [0.05, 0.1) is 12.1 Å². The van der Waals surface area contributed by atoms with Crippen LogP contribution in [0.3, 0.4) is 0 Å². The third-order valence-corrected chi connectivity index (χ3v) is 4.27. The zero-order valence-electron chi connectivity index (χ0n) is 14.5. The van der Waals surface area contributed by atoms with E-state index in [1.165, 1.54) is 19.3 Å². The normalized spacial score (nSPS) is 20.3. The fraction of sp³-hybridized carbons (Fsp3) is 0.941.